The Morgan fingerprint density at radius 1 is 1.26 bits per heavy atom. The Kier molecular flexibility index (Phi) is 6.05. The molecule has 7 heteroatoms. The Bertz CT molecular complexity index is 682. The normalized spacial score (nSPS) is 10.0. The van der Waals surface area contributed by atoms with Crippen molar-refractivity contribution in [3.63, 3.8) is 0 Å². The molecule has 0 aliphatic heterocycles. The van der Waals surface area contributed by atoms with Gasteiger partial charge in [0.2, 0.25) is 0 Å². The fourth-order valence-electron chi connectivity index (χ4n) is 1.79. The second-order valence-corrected chi connectivity index (χ2v) is 4.94. The molecule has 122 valence electrons. The van der Waals surface area contributed by atoms with Gasteiger partial charge in [-0.05, 0) is 30.3 Å². The number of benzene rings is 2. The van der Waals surface area contributed by atoms with E-state index in [-0.39, 0.29) is 24.2 Å². The van der Waals surface area contributed by atoms with Gasteiger partial charge < -0.3 is 20.1 Å². The SMILES string of the molecule is COc1cccc(NC(=O)NCCOc2ccc(F)cc2Cl)c1. The highest BCUT2D eigenvalue weighted by Gasteiger charge is 2.05. The maximum atomic E-state index is 12.9. The van der Waals surface area contributed by atoms with Crippen LogP contribution < -0.4 is 20.1 Å². The summed E-state index contributed by atoms with van der Waals surface area (Å²) in [4.78, 5) is 11.7. The van der Waals surface area contributed by atoms with Crippen molar-refractivity contribution in [2.45, 2.75) is 0 Å². The summed E-state index contributed by atoms with van der Waals surface area (Å²) in [6.07, 6.45) is 0. The van der Waals surface area contributed by atoms with E-state index in [0.717, 1.165) is 0 Å². The highest BCUT2D eigenvalue weighted by Crippen LogP contribution is 2.24. The van der Waals surface area contributed by atoms with Crippen molar-refractivity contribution in [2.75, 3.05) is 25.6 Å². The number of hydrogen-bond donors (Lipinski definition) is 2. The van der Waals surface area contributed by atoms with Crippen LogP contribution in [-0.2, 0) is 0 Å². The minimum absolute atomic E-state index is 0.186. The Labute approximate surface area is 138 Å². The third-order valence-corrected chi connectivity index (χ3v) is 3.16. The summed E-state index contributed by atoms with van der Waals surface area (Å²) in [6, 6.07) is 10.5. The number of rotatable bonds is 6. The van der Waals surface area contributed by atoms with Gasteiger partial charge in [-0.1, -0.05) is 17.7 Å². The molecule has 0 heterocycles. The maximum absolute atomic E-state index is 12.9. The van der Waals surface area contributed by atoms with Crippen LogP contribution in [0.1, 0.15) is 0 Å². The average molecular weight is 339 g/mol. The zero-order chi connectivity index (χ0) is 16.7. The Hall–Kier alpha value is -2.47. The van der Waals surface area contributed by atoms with Gasteiger partial charge in [0.1, 0.15) is 23.9 Å². The largest absolute Gasteiger partial charge is 0.497 e. The van der Waals surface area contributed by atoms with Crippen LogP contribution in [0.15, 0.2) is 42.5 Å². The molecule has 23 heavy (non-hydrogen) atoms. The van der Waals surface area contributed by atoms with Crippen molar-refractivity contribution in [1.29, 1.82) is 0 Å². The molecule has 2 aromatic rings. The van der Waals surface area contributed by atoms with Crippen LogP contribution in [0, 0.1) is 5.82 Å². The number of urea groups is 1. The zero-order valence-electron chi connectivity index (χ0n) is 12.4. The lowest BCUT2D eigenvalue weighted by Gasteiger charge is -2.10. The van der Waals surface area contributed by atoms with Crippen LogP contribution in [-0.4, -0.2) is 26.3 Å². The molecule has 2 rings (SSSR count). The summed E-state index contributed by atoms with van der Waals surface area (Å²) >= 11 is 5.83. The van der Waals surface area contributed by atoms with E-state index in [9.17, 15) is 9.18 Å². The van der Waals surface area contributed by atoms with Crippen LogP contribution in [0.2, 0.25) is 5.02 Å². The number of hydrogen-bond acceptors (Lipinski definition) is 3. The predicted octanol–water partition coefficient (Wildman–Crippen LogP) is 3.69. The number of anilines is 1. The van der Waals surface area contributed by atoms with E-state index in [0.29, 0.717) is 17.2 Å². The van der Waals surface area contributed by atoms with E-state index in [1.54, 1.807) is 31.4 Å². The third kappa shape index (κ3) is 5.34. The summed E-state index contributed by atoms with van der Waals surface area (Å²) in [7, 11) is 1.55. The smallest absolute Gasteiger partial charge is 0.319 e. The summed E-state index contributed by atoms with van der Waals surface area (Å²) in [6.45, 7) is 0.473. The Morgan fingerprint density at radius 2 is 2.09 bits per heavy atom. The number of amides is 2. The molecule has 2 amide bonds. The summed E-state index contributed by atoms with van der Waals surface area (Å²) < 4.78 is 23.3. The molecule has 2 N–H and O–H groups in total. The van der Waals surface area contributed by atoms with E-state index in [1.165, 1.54) is 18.2 Å². The van der Waals surface area contributed by atoms with Gasteiger partial charge in [0.25, 0.3) is 0 Å². The Balaban J connectivity index is 1.74. The van der Waals surface area contributed by atoms with Gasteiger partial charge in [0.15, 0.2) is 0 Å². The van der Waals surface area contributed by atoms with Crippen molar-refractivity contribution < 1.29 is 18.7 Å². The van der Waals surface area contributed by atoms with Crippen LogP contribution in [0.25, 0.3) is 0 Å². The van der Waals surface area contributed by atoms with Crippen molar-refractivity contribution in [1.82, 2.24) is 5.32 Å². The number of halogens is 2. The van der Waals surface area contributed by atoms with Gasteiger partial charge in [-0.25, -0.2) is 9.18 Å². The number of carbonyl (C=O) groups is 1. The van der Waals surface area contributed by atoms with Crippen LogP contribution in [0.3, 0.4) is 0 Å². The summed E-state index contributed by atoms with van der Waals surface area (Å²) in [5, 5.41) is 5.50. The lowest BCUT2D eigenvalue weighted by atomic mass is 10.3. The first-order valence-corrected chi connectivity index (χ1v) is 7.23. The lowest BCUT2D eigenvalue weighted by molar-refractivity contribution is 0.247. The second-order valence-electron chi connectivity index (χ2n) is 4.54. The molecule has 0 saturated carbocycles. The molecule has 0 aliphatic carbocycles. The van der Waals surface area contributed by atoms with E-state index in [2.05, 4.69) is 10.6 Å². The topological polar surface area (TPSA) is 59.6 Å². The summed E-state index contributed by atoms with van der Waals surface area (Å²) in [5.74, 6) is 0.582. The monoisotopic (exact) mass is 338 g/mol. The number of ether oxygens (including phenoxy) is 2. The predicted molar refractivity (Wildman–Crippen MR) is 86.9 cm³/mol. The van der Waals surface area contributed by atoms with E-state index < -0.39 is 5.82 Å². The quantitative estimate of drug-likeness (QED) is 0.790. The van der Waals surface area contributed by atoms with Crippen LogP contribution in [0.5, 0.6) is 11.5 Å². The van der Waals surface area contributed by atoms with Gasteiger partial charge in [0, 0.05) is 11.8 Å². The third-order valence-electron chi connectivity index (χ3n) is 2.87. The molecule has 5 nitrogen and oxygen atoms in total. The van der Waals surface area contributed by atoms with E-state index in [1.807, 2.05) is 0 Å². The van der Waals surface area contributed by atoms with Gasteiger partial charge >= 0.3 is 6.03 Å². The molecular formula is C16H16ClFN2O3. The van der Waals surface area contributed by atoms with Crippen molar-refractivity contribution in [2.24, 2.45) is 0 Å². The molecule has 0 fully saturated rings. The van der Waals surface area contributed by atoms with Gasteiger partial charge in [-0.2, -0.15) is 0 Å². The molecule has 0 radical (unpaired) electrons. The average Bonchev–Trinajstić information content (AvgIpc) is 2.53. The van der Waals surface area contributed by atoms with Gasteiger partial charge in [0.05, 0.1) is 18.7 Å². The minimum Gasteiger partial charge on any atom is -0.497 e. The fourth-order valence-corrected chi connectivity index (χ4v) is 2.02. The first-order chi connectivity index (χ1) is 11.1. The maximum Gasteiger partial charge on any atom is 0.319 e. The highest BCUT2D eigenvalue weighted by molar-refractivity contribution is 6.32. The van der Waals surface area contributed by atoms with E-state index in [4.69, 9.17) is 21.1 Å². The first-order valence-electron chi connectivity index (χ1n) is 6.85. The van der Waals surface area contributed by atoms with Crippen molar-refractivity contribution in [3.8, 4) is 11.5 Å². The van der Waals surface area contributed by atoms with Crippen molar-refractivity contribution in [3.05, 3.63) is 53.3 Å². The number of nitrogens with one attached hydrogen (secondary N) is 2. The number of carbonyl (C=O) groups excluding carboxylic acids is 1. The highest BCUT2D eigenvalue weighted by atomic mass is 35.5. The Morgan fingerprint density at radius 3 is 2.83 bits per heavy atom. The molecule has 0 saturated heterocycles. The molecule has 0 atom stereocenters. The standard InChI is InChI=1S/C16H16ClFN2O3/c1-22-13-4-2-3-12(10-13)20-16(21)19-7-8-23-15-6-5-11(18)9-14(15)17/h2-6,9-10H,7-8H2,1H3,(H2,19,20,21). The molecule has 2 aromatic carbocycles. The van der Waals surface area contributed by atoms with Gasteiger partial charge in [-0.15, -0.1) is 0 Å². The molecular weight excluding hydrogens is 323 g/mol. The molecule has 0 spiro atoms. The van der Waals surface area contributed by atoms with Crippen molar-refractivity contribution >= 4 is 23.3 Å². The molecule has 0 aliphatic rings. The number of methoxy groups -OCH3 is 1. The molecule has 0 unspecified atom stereocenters. The van der Waals surface area contributed by atoms with E-state index >= 15 is 0 Å². The zero-order valence-corrected chi connectivity index (χ0v) is 13.2. The van der Waals surface area contributed by atoms with Crippen LogP contribution >= 0.6 is 11.6 Å². The minimum atomic E-state index is -0.432. The summed E-state index contributed by atoms with van der Waals surface area (Å²) in [5.41, 5.74) is 0.615. The van der Waals surface area contributed by atoms with Gasteiger partial charge in [-0.3, -0.25) is 0 Å². The molecule has 0 bridgehead atoms. The van der Waals surface area contributed by atoms with Crippen LogP contribution in [0.4, 0.5) is 14.9 Å². The molecule has 0 aromatic heterocycles. The lowest BCUT2D eigenvalue weighted by Crippen LogP contribution is -2.32. The second kappa shape index (κ2) is 8.24. The fraction of sp³-hybridized carbons (Fsp3) is 0.188. The first kappa shape index (κ1) is 16.9.